The summed E-state index contributed by atoms with van der Waals surface area (Å²) in [4.78, 5) is 12.3. The maximum absolute atomic E-state index is 12.3. The van der Waals surface area contributed by atoms with E-state index in [9.17, 15) is 4.79 Å². The number of nitrogens with two attached hydrogens (primary N) is 1. The van der Waals surface area contributed by atoms with E-state index in [0.29, 0.717) is 23.6 Å². The van der Waals surface area contributed by atoms with Gasteiger partial charge in [-0.05, 0) is 24.6 Å². The van der Waals surface area contributed by atoms with E-state index in [0.717, 1.165) is 12.8 Å². The second-order valence-corrected chi connectivity index (χ2v) is 4.16. The molecule has 0 bridgehead atoms. The molecule has 0 aliphatic heterocycles. The summed E-state index contributed by atoms with van der Waals surface area (Å²) in [6, 6.07) is 5.20. The van der Waals surface area contributed by atoms with E-state index in [2.05, 4.69) is 0 Å². The Morgan fingerprint density at radius 2 is 1.94 bits per heavy atom. The first-order chi connectivity index (χ1) is 8.67. The smallest absolute Gasteiger partial charge is 0.167 e. The second kappa shape index (κ2) is 7.01. The zero-order valence-electron chi connectivity index (χ0n) is 11.2. The third kappa shape index (κ3) is 3.23. The van der Waals surface area contributed by atoms with Gasteiger partial charge in [-0.3, -0.25) is 4.79 Å². The average Bonchev–Trinajstić information content (AvgIpc) is 2.43. The molecule has 2 N–H and O–H groups in total. The lowest BCUT2D eigenvalue weighted by molar-refractivity contribution is 0.0917. The van der Waals surface area contributed by atoms with Crippen LogP contribution in [0.1, 0.15) is 30.1 Å². The Bertz CT molecular complexity index is 404. The molecule has 0 amide bonds. The minimum Gasteiger partial charge on any atom is -0.493 e. The summed E-state index contributed by atoms with van der Waals surface area (Å²) in [6.45, 7) is 2.42. The summed E-state index contributed by atoms with van der Waals surface area (Å²) in [6.07, 6.45) is 1.75. The van der Waals surface area contributed by atoms with Gasteiger partial charge in [0, 0.05) is 18.0 Å². The van der Waals surface area contributed by atoms with E-state index < -0.39 is 0 Å². The maximum Gasteiger partial charge on any atom is 0.167 e. The second-order valence-electron chi connectivity index (χ2n) is 4.16. The number of hydrogen-bond acceptors (Lipinski definition) is 4. The van der Waals surface area contributed by atoms with Gasteiger partial charge in [-0.25, -0.2) is 0 Å². The molecule has 0 aliphatic rings. The van der Waals surface area contributed by atoms with Gasteiger partial charge >= 0.3 is 0 Å². The largest absolute Gasteiger partial charge is 0.493 e. The normalized spacial score (nSPS) is 12.0. The third-order valence-corrected chi connectivity index (χ3v) is 2.96. The predicted molar refractivity (Wildman–Crippen MR) is 71.3 cm³/mol. The quantitative estimate of drug-likeness (QED) is 0.755. The van der Waals surface area contributed by atoms with Gasteiger partial charge in [-0.2, -0.15) is 0 Å². The molecule has 0 radical (unpaired) electrons. The van der Waals surface area contributed by atoms with Crippen molar-refractivity contribution in [1.82, 2.24) is 0 Å². The molecule has 1 aromatic rings. The van der Waals surface area contributed by atoms with Crippen molar-refractivity contribution in [1.29, 1.82) is 0 Å². The topological polar surface area (TPSA) is 61.6 Å². The Labute approximate surface area is 108 Å². The van der Waals surface area contributed by atoms with Crippen molar-refractivity contribution in [3.8, 4) is 11.5 Å². The van der Waals surface area contributed by atoms with Crippen LogP contribution >= 0.6 is 0 Å². The van der Waals surface area contributed by atoms with Crippen molar-refractivity contribution in [2.45, 2.75) is 19.8 Å². The number of carbonyl (C=O) groups excluding carboxylic acids is 1. The number of carbonyl (C=O) groups is 1. The van der Waals surface area contributed by atoms with E-state index in [-0.39, 0.29) is 11.7 Å². The van der Waals surface area contributed by atoms with E-state index in [4.69, 9.17) is 15.2 Å². The summed E-state index contributed by atoms with van der Waals surface area (Å²) >= 11 is 0. The van der Waals surface area contributed by atoms with Crippen molar-refractivity contribution in [3.63, 3.8) is 0 Å². The molecule has 1 rings (SSSR count). The SMILES string of the molecule is CCCC(CN)C(=O)c1ccc(OC)c(OC)c1. The van der Waals surface area contributed by atoms with Crippen LogP contribution in [-0.2, 0) is 0 Å². The Morgan fingerprint density at radius 3 is 2.44 bits per heavy atom. The summed E-state index contributed by atoms with van der Waals surface area (Å²) in [5.74, 6) is 1.14. The van der Waals surface area contributed by atoms with Crippen LogP contribution in [-0.4, -0.2) is 26.5 Å². The molecule has 0 fully saturated rings. The molecule has 1 aromatic carbocycles. The molecule has 1 unspecified atom stereocenters. The van der Waals surface area contributed by atoms with Crippen LogP contribution < -0.4 is 15.2 Å². The standard InChI is InChI=1S/C14H21NO3/c1-4-5-11(9-15)14(16)10-6-7-12(17-2)13(8-10)18-3/h6-8,11H,4-5,9,15H2,1-3H3. The zero-order valence-corrected chi connectivity index (χ0v) is 11.2. The van der Waals surface area contributed by atoms with Gasteiger partial charge in [-0.15, -0.1) is 0 Å². The van der Waals surface area contributed by atoms with E-state index in [1.165, 1.54) is 0 Å². The zero-order chi connectivity index (χ0) is 13.5. The lowest BCUT2D eigenvalue weighted by atomic mass is 9.93. The van der Waals surface area contributed by atoms with Crippen LogP contribution in [0.3, 0.4) is 0 Å². The number of benzene rings is 1. The minimum absolute atomic E-state index is 0.0697. The first-order valence-electron chi connectivity index (χ1n) is 6.14. The summed E-state index contributed by atoms with van der Waals surface area (Å²) in [5.41, 5.74) is 6.27. The molecule has 1 atom stereocenters. The van der Waals surface area contributed by atoms with Crippen LogP contribution in [0.5, 0.6) is 11.5 Å². The summed E-state index contributed by atoms with van der Waals surface area (Å²) in [5, 5.41) is 0. The van der Waals surface area contributed by atoms with Gasteiger partial charge in [0.25, 0.3) is 0 Å². The van der Waals surface area contributed by atoms with Crippen molar-refractivity contribution in [3.05, 3.63) is 23.8 Å². The average molecular weight is 251 g/mol. The molecule has 4 heteroatoms. The number of rotatable bonds is 7. The third-order valence-electron chi connectivity index (χ3n) is 2.96. The van der Waals surface area contributed by atoms with Crippen molar-refractivity contribution >= 4 is 5.78 Å². The number of hydrogen-bond donors (Lipinski definition) is 1. The molecule has 0 saturated carbocycles. The van der Waals surface area contributed by atoms with Gasteiger partial charge in [0.15, 0.2) is 17.3 Å². The minimum atomic E-state index is -0.117. The highest BCUT2D eigenvalue weighted by Gasteiger charge is 2.19. The Balaban J connectivity index is 2.98. The Morgan fingerprint density at radius 1 is 1.28 bits per heavy atom. The van der Waals surface area contributed by atoms with E-state index >= 15 is 0 Å². The Kier molecular flexibility index (Phi) is 5.65. The fourth-order valence-electron chi connectivity index (χ4n) is 1.93. The molecular formula is C14H21NO3. The highest BCUT2D eigenvalue weighted by atomic mass is 16.5. The van der Waals surface area contributed by atoms with Crippen LogP contribution in [0.25, 0.3) is 0 Å². The molecule has 0 spiro atoms. The molecule has 0 aliphatic carbocycles. The first kappa shape index (κ1) is 14.5. The van der Waals surface area contributed by atoms with Crippen molar-refractivity contribution < 1.29 is 14.3 Å². The fraction of sp³-hybridized carbons (Fsp3) is 0.500. The summed E-state index contributed by atoms with van der Waals surface area (Å²) < 4.78 is 10.3. The van der Waals surface area contributed by atoms with Gasteiger partial charge in [0.05, 0.1) is 14.2 Å². The molecular weight excluding hydrogens is 230 g/mol. The first-order valence-corrected chi connectivity index (χ1v) is 6.14. The molecule has 0 saturated heterocycles. The lowest BCUT2D eigenvalue weighted by Crippen LogP contribution is -2.23. The molecule has 18 heavy (non-hydrogen) atoms. The Hall–Kier alpha value is -1.55. The lowest BCUT2D eigenvalue weighted by Gasteiger charge is -2.14. The van der Waals surface area contributed by atoms with Crippen LogP contribution in [0.15, 0.2) is 18.2 Å². The monoisotopic (exact) mass is 251 g/mol. The van der Waals surface area contributed by atoms with Crippen molar-refractivity contribution in [2.75, 3.05) is 20.8 Å². The number of Topliss-reactive ketones (excluding diaryl/α,β-unsaturated/α-hetero) is 1. The maximum atomic E-state index is 12.3. The predicted octanol–water partition coefficient (Wildman–Crippen LogP) is 2.26. The molecule has 4 nitrogen and oxygen atoms in total. The summed E-state index contributed by atoms with van der Waals surface area (Å²) in [7, 11) is 3.12. The van der Waals surface area contributed by atoms with E-state index in [1.54, 1.807) is 32.4 Å². The van der Waals surface area contributed by atoms with Gasteiger partial charge in [-0.1, -0.05) is 13.3 Å². The molecule has 0 heterocycles. The highest BCUT2D eigenvalue weighted by molar-refractivity contribution is 5.98. The van der Waals surface area contributed by atoms with E-state index in [1.807, 2.05) is 6.92 Å². The number of ether oxygens (including phenoxy) is 2. The highest BCUT2D eigenvalue weighted by Crippen LogP contribution is 2.28. The van der Waals surface area contributed by atoms with Gasteiger partial charge in [0.2, 0.25) is 0 Å². The molecule has 100 valence electrons. The van der Waals surface area contributed by atoms with Gasteiger partial charge < -0.3 is 15.2 Å². The van der Waals surface area contributed by atoms with Crippen LogP contribution in [0.2, 0.25) is 0 Å². The van der Waals surface area contributed by atoms with Crippen molar-refractivity contribution in [2.24, 2.45) is 11.7 Å². The number of ketones is 1. The van der Waals surface area contributed by atoms with Crippen LogP contribution in [0, 0.1) is 5.92 Å². The number of methoxy groups -OCH3 is 2. The fourth-order valence-corrected chi connectivity index (χ4v) is 1.93. The molecule has 0 aromatic heterocycles. The van der Waals surface area contributed by atoms with Crippen LogP contribution in [0.4, 0.5) is 0 Å². The van der Waals surface area contributed by atoms with Gasteiger partial charge in [0.1, 0.15) is 0 Å².